The summed E-state index contributed by atoms with van der Waals surface area (Å²) < 4.78 is 0.364. The minimum Gasteiger partial charge on any atom is -0.480 e. The van der Waals surface area contributed by atoms with Gasteiger partial charge in [0, 0.05) is 12.8 Å². The Morgan fingerprint density at radius 3 is 2.64 bits per heavy atom. The van der Waals surface area contributed by atoms with E-state index < -0.39 is 45.2 Å². The minimum absolute atomic E-state index is 0.114. The fraction of sp³-hybridized carbons (Fsp3) is 0.400. The molecule has 2 aliphatic heterocycles. The van der Waals surface area contributed by atoms with Crippen LogP contribution in [0.1, 0.15) is 12.5 Å². The summed E-state index contributed by atoms with van der Waals surface area (Å²) in [6.45, 7) is 1.72. The van der Waals surface area contributed by atoms with Gasteiger partial charge in [-0.2, -0.15) is 4.98 Å². The van der Waals surface area contributed by atoms with Gasteiger partial charge in [-0.05, 0) is 12.5 Å². The lowest BCUT2D eigenvalue weighted by molar-refractivity contribution is -0.161. The molecular weight excluding hydrogens is 470 g/mol. The van der Waals surface area contributed by atoms with Crippen LogP contribution in [0.3, 0.4) is 0 Å². The van der Waals surface area contributed by atoms with Crippen molar-refractivity contribution in [2.45, 2.75) is 40.7 Å². The first-order chi connectivity index (χ1) is 15.6. The molecule has 11 nitrogen and oxygen atoms in total. The van der Waals surface area contributed by atoms with Crippen molar-refractivity contribution in [2.24, 2.45) is 7.05 Å². The molecule has 0 radical (unpaired) electrons. The van der Waals surface area contributed by atoms with Gasteiger partial charge in [0.1, 0.15) is 17.5 Å². The number of carbonyl (C=O) groups is 3. The van der Waals surface area contributed by atoms with Gasteiger partial charge in [-0.3, -0.25) is 29.0 Å². The average Bonchev–Trinajstić information content (AvgIpc) is 3.04. The largest absolute Gasteiger partial charge is 0.480 e. The van der Waals surface area contributed by atoms with E-state index in [-0.39, 0.29) is 23.2 Å². The number of rotatable bonds is 7. The Morgan fingerprint density at radius 2 is 1.97 bits per heavy atom. The number of nitrogens with one attached hydrogen (secondary N) is 2. The summed E-state index contributed by atoms with van der Waals surface area (Å²) in [6.07, 6.45) is 0.114. The van der Waals surface area contributed by atoms with E-state index >= 15 is 0 Å². The smallest absolute Gasteiger partial charge is 0.339 e. The standard InChI is InChI=1S/C20H21N5O6S2/c1-20(9-32-19-22-14(27)15(28)23-24(19)2)13(18(30)31)25-16(29)12(17(25)33-20)21-11(26)8-10-6-4-3-5-7-10/h3-7,12-13,17H,8-9H2,1-2H3,(H,21,26)(H,23,28)(H,30,31)/t12-,13+,17-,20+/m1/s1. The highest BCUT2D eigenvalue weighted by Gasteiger charge is 2.65. The van der Waals surface area contributed by atoms with Crippen LogP contribution in [0, 0.1) is 0 Å². The number of hydrogen-bond donors (Lipinski definition) is 3. The van der Waals surface area contributed by atoms with Crippen LogP contribution in [0.15, 0.2) is 45.1 Å². The van der Waals surface area contributed by atoms with Crippen LogP contribution in [-0.4, -0.2) is 70.5 Å². The van der Waals surface area contributed by atoms with Crippen LogP contribution in [0.5, 0.6) is 0 Å². The third kappa shape index (κ3) is 4.29. The number of fused-ring (bicyclic) bond motifs is 1. The number of carboxylic acid groups (broad SMARTS) is 1. The molecule has 0 unspecified atom stereocenters. The van der Waals surface area contributed by atoms with E-state index in [0.717, 1.165) is 17.3 Å². The molecule has 3 heterocycles. The first-order valence-corrected chi connectivity index (χ1v) is 11.8. The topological polar surface area (TPSA) is 154 Å². The summed E-state index contributed by atoms with van der Waals surface area (Å²) in [5.74, 6) is -1.71. The summed E-state index contributed by atoms with van der Waals surface area (Å²) in [7, 11) is 1.52. The number of benzene rings is 1. The number of aryl methyl sites for hydroxylation is 1. The van der Waals surface area contributed by atoms with Crippen molar-refractivity contribution < 1.29 is 19.5 Å². The molecule has 1 aromatic carbocycles. The third-order valence-corrected chi connectivity index (χ3v) is 8.72. The molecule has 13 heteroatoms. The zero-order valence-corrected chi connectivity index (χ0v) is 19.3. The second kappa shape index (κ2) is 8.71. The van der Waals surface area contributed by atoms with Gasteiger partial charge in [-0.1, -0.05) is 42.1 Å². The number of carboxylic acids is 1. The zero-order chi connectivity index (χ0) is 23.9. The number of β-lactam (4-membered cyclic amide) rings is 1. The summed E-state index contributed by atoms with van der Waals surface area (Å²) in [6, 6.07) is 7.18. The van der Waals surface area contributed by atoms with Crippen LogP contribution in [-0.2, 0) is 27.9 Å². The van der Waals surface area contributed by atoms with Gasteiger partial charge in [0.25, 0.3) is 0 Å². The maximum Gasteiger partial charge on any atom is 0.339 e. The number of carbonyl (C=O) groups excluding carboxylic acids is 2. The van der Waals surface area contributed by atoms with Gasteiger partial charge in [-0.15, -0.1) is 11.8 Å². The summed E-state index contributed by atoms with van der Waals surface area (Å²) in [5, 5.41) is 14.6. The summed E-state index contributed by atoms with van der Waals surface area (Å²) in [5.41, 5.74) is -0.980. The van der Waals surface area contributed by atoms with E-state index in [1.54, 1.807) is 6.92 Å². The second-order valence-electron chi connectivity index (χ2n) is 8.00. The van der Waals surface area contributed by atoms with Crippen LogP contribution in [0.4, 0.5) is 0 Å². The molecule has 2 saturated heterocycles. The molecule has 174 valence electrons. The lowest BCUT2D eigenvalue weighted by Crippen LogP contribution is -2.70. The summed E-state index contributed by atoms with van der Waals surface area (Å²) in [4.78, 5) is 65.3. The molecule has 2 aliphatic rings. The van der Waals surface area contributed by atoms with Crippen molar-refractivity contribution in [3.8, 4) is 0 Å². The van der Waals surface area contributed by atoms with Gasteiger partial charge < -0.3 is 15.3 Å². The number of hydrogen-bond acceptors (Lipinski definition) is 8. The first-order valence-electron chi connectivity index (χ1n) is 9.97. The molecule has 0 spiro atoms. The molecule has 4 atom stereocenters. The van der Waals surface area contributed by atoms with Crippen LogP contribution >= 0.6 is 23.5 Å². The van der Waals surface area contributed by atoms with Crippen molar-refractivity contribution >= 4 is 41.3 Å². The highest BCUT2D eigenvalue weighted by Crippen LogP contribution is 2.52. The van der Waals surface area contributed by atoms with Crippen LogP contribution < -0.4 is 16.4 Å². The zero-order valence-electron chi connectivity index (χ0n) is 17.7. The quantitative estimate of drug-likeness (QED) is 0.262. The molecule has 2 amide bonds. The van der Waals surface area contributed by atoms with Crippen molar-refractivity contribution in [1.82, 2.24) is 25.0 Å². The van der Waals surface area contributed by atoms with Crippen LogP contribution in [0.25, 0.3) is 0 Å². The Morgan fingerprint density at radius 1 is 1.27 bits per heavy atom. The predicted octanol–water partition coefficient (Wildman–Crippen LogP) is -0.585. The maximum absolute atomic E-state index is 12.8. The molecule has 2 fully saturated rings. The highest BCUT2D eigenvalue weighted by molar-refractivity contribution is 8.04. The average molecular weight is 492 g/mol. The van der Waals surface area contributed by atoms with E-state index in [0.29, 0.717) is 0 Å². The molecule has 1 aromatic heterocycles. The molecule has 33 heavy (non-hydrogen) atoms. The second-order valence-corrected chi connectivity index (χ2v) is 10.6. The number of H-pyrrole nitrogens is 1. The monoisotopic (exact) mass is 491 g/mol. The van der Waals surface area contributed by atoms with E-state index in [1.807, 2.05) is 30.3 Å². The SMILES string of the molecule is Cn1[nH]c(=O)c(=O)nc1SC[C@]1(C)S[C@@H]2[C@H](NC(=O)Cc3ccccc3)C(=O)N2[C@H]1C(=O)O. The Hall–Kier alpha value is -3.06. The van der Waals surface area contributed by atoms with Gasteiger partial charge in [-0.25, -0.2) is 4.79 Å². The van der Waals surface area contributed by atoms with Gasteiger partial charge in [0.2, 0.25) is 11.8 Å². The van der Waals surface area contributed by atoms with Crippen molar-refractivity contribution in [3.05, 3.63) is 56.6 Å². The predicted molar refractivity (Wildman–Crippen MR) is 121 cm³/mol. The van der Waals surface area contributed by atoms with Gasteiger partial charge >= 0.3 is 17.1 Å². The number of aliphatic carboxylic acids is 1. The minimum atomic E-state index is -1.15. The van der Waals surface area contributed by atoms with E-state index in [4.69, 9.17) is 0 Å². The summed E-state index contributed by atoms with van der Waals surface area (Å²) >= 11 is 2.40. The Kier molecular flexibility index (Phi) is 6.10. The molecular formula is C20H21N5O6S2. The molecule has 4 rings (SSSR count). The first kappa shape index (κ1) is 23.1. The van der Waals surface area contributed by atoms with Crippen molar-refractivity contribution in [2.75, 3.05) is 5.75 Å². The van der Waals surface area contributed by atoms with Crippen molar-refractivity contribution in [1.29, 1.82) is 0 Å². The molecule has 0 saturated carbocycles. The third-order valence-electron chi connectivity index (χ3n) is 5.52. The normalized spacial score (nSPS) is 25.9. The Balaban J connectivity index is 1.48. The molecule has 2 aromatic rings. The Labute approximate surface area is 195 Å². The fourth-order valence-electron chi connectivity index (χ4n) is 3.95. The molecule has 0 aliphatic carbocycles. The van der Waals surface area contributed by atoms with Crippen molar-refractivity contribution in [3.63, 3.8) is 0 Å². The van der Waals surface area contributed by atoms with E-state index in [1.165, 1.54) is 28.4 Å². The van der Waals surface area contributed by atoms with Gasteiger partial charge in [0.05, 0.1) is 11.2 Å². The molecule has 0 bridgehead atoms. The lowest BCUT2D eigenvalue weighted by atomic mass is 9.95. The number of thioether (sulfide) groups is 2. The highest BCUT2D eigenvalue weighted by atomic mass is 32.2. The lowest BCUT2D eigenvalue weighted by Gasteiger charge is -2.43. The fourth-order valence-corrected chi connectivity index (χ4v) is 6.91. The number of aromatic nitrogens is 3. The maximum atomic E-state index is 12.8. The van der Waals surface area contributed by atoms with E-state index in [2.05, 4.69) is 15.4 Å². The van der Waals surface area contributed by atoms with E-state index in [9.17, 15) is 29.1 Å². The van der Waals surface area contributed by atoms with Crippen LogP contribution in [0.2, 0.25) is 0 Å². The molecule has 3 N–H and O–H groups in total. The number of amides is 2. The number of aromatic amines is 1. The Bertz CT molecular complexity index is 1230. The number of nitrogens with zero attached hydrogens (tertiary/aromatic N) is 3. The van der Waals surface area contributed by atoms with Gasteiger partial charge in [0.15, 0.2) is 5.16 Å².